The minimum Gasteiger partial charge on any atom is -0.359 e. The molecule has 1 aliphatic heterocycles. The van der Waals surface area contributed by atoms with Gasteiger partial charge in [0.15, 0.2) is 0 Å². The van der Waals surface area contributed by atoms with Crippen LogP contribution in [-0.2, 0) is 11.2 Å². The second kappa shape index (κ2) is 7.36. The third-order valence-electron chi connectivity index (χ3n) is 5.88. The Morgan fingerprint density at radius 2 is 1.80 bits per heavy atom. The van der Waals surface area contributed by atoms with Gasteiger partial charge in [0.05, 0.1) is 6.61 Å². The van der Waals surface area contributed by atoms with Gasteiger partial charge in [0, 0.05) is 5.54 Å². The van der Waals surface area contributed by atoms with Gasteiger partial charge in [-0.25, -0.2) is 4.39 Å². The Kier molecular flexibility index (Phi) is 5.55. The molecule has 1 aliphatic carbocycles. The van der Waals surface area contributed by atoms with E-state index in [-0.39, 0.29) is 17.1 Å². The van der Waals surface area contributed by atoms with Crippen LogP contribution in [-0.4, -0.2) is 17.9 Å². The molecule has 1 aromatic carbocycles. The maximum Gasteiger partial charge on any atom is 0.123 e. The first kappa shape index (κ1) is 18.8. The molecule has 0 amide bonds. The van der Waals surface area contributed by atoms with Crippen molar-refractivity contribution in [2.75, 3.05) is 6.61 Å². The molecule has 2 fully saturated rings. The molecule has 0 radical (unpaired) electrons. The molecule has 2 nitrogen and oxygen atoms in total. The number of benzene rings is 1. The van der Waals surface area contributed by atoms with E-state index in [4.69, 9.17) is 4.74 Å². The summed E-state index contributed by atoms with van der Waals surface area (Å²) in [5.41, 5.74) is 1.12. The van der Waals surface area contributed by atoms with Crippen LogP contribution in [0, 0.1) is 23.6 Å². The van der Waals surface area contributed by atoms with Crippen molar-refractivity contribution in [1.29, 1.82) is 0 Å². The van der Waals surface area contributed by atoms with E-state index in [0.29, 0.717) is 17.8 Å². The molecule has 1 saturated heterocycles. The van der Waals surface area contributed by atoms with Crippen LogP contribution < -0.4 is 5.32 Å². The van der Waals surface area contributed by atoms with Gasteiger partial charge in [0.25, 0.3) is 0 Å². The molecule has 2 unspecified atom stereocenters. The lowest BCUT2D eigenvalue weighted by molar-refractivity contribution is -0.0660. The molecule has 4 atom stereocenters. The highest BCUT2D eigenvalue weighted by molar-refractivity contribution is 5.17. The molecule has 1 saturated carbocycles. The van der Waals surface area contributed by atoms with Crippen LogP contribution in [0.25, 0.3) is 0 Å². The van der Waals surface area contributed by atoms with Crippen molar-refractivity contribution in [1.82, 2.24) is 5.32 Å². The normalized spacial score (nSPS) is 35.6. The minimum atomic E-state index is -0.160. The highest BCUT2D eigenvalue weighted by atomic mass is 19.1. The lowest BCUT2D eigenvalue weighted by Gasteiger charge is -2.42. The maximum atomic E-state index is 13.2. The molecule has 0 bridgehead atoms. The largest absolute Gasteiger partial charge is 0.359 e. The van der Waals surface area contributed by atoms with Crippen LogP contribution in [0.2, 0.25) is 0 Å². The zero-order valence-electron chi connectivity index (χ0n) is 16.3. The highest BCUT2D eigenvalue weighted by Gasteiger charge is 2.50. The Balaban J connectivity index is 1.72. The molecule has 140 valence electrons. The Bertz CT molecular complexity index is 560. The highest BCUT2D eigenvalue weighted by Crippen LogP contribution is 2.43. The van der Waals surface area contributed by atoms with Crippen molar-refractivity contribution in [2.45, 2.75) is 77.5 Å². The predicted octanol–water partition coefficient (Wildman–Crippen LogP) is 5.32. The molecular formula is C22H34FNO. The number of hydrogen-bond donors (Lipinski definition) is 1. The second-order valence-electron chi connectivity index (χ2n) is 9.27. The van der Waals surface area contributed by atoms with E-state index in [1.54, 1.807) is 12.1 Å². The Hall–Kier alpha value is -0.930. The molecule has 1 N–H and O–H groups in total. The van der Waals surface area contributed by atoms with Gasteiger partial charge >= 0.3 is 0 Å². The predicted molar refractivity (Wildman–Crippen MR) is 101 cm³/mol. The standard InChI is InChI=1S/C22H34FNO/c1-16(2)12-21(10-9-19-5-7-20(23)8-6-19)15-25-22(24-21)13-17(3)11-18(4)14-22/h5-8,16-18,24H,9-15H2,1-4H3/t17-,18+,21?,22?. The molecule has 0 aromatic heterocycles. The summed E-state index contributed by atoms with van der Waals surface area (Å²) in [6, 6.07) is 6.95. The lowest BCUT2D eigenvalue weighted by Crippen LogP contribution is -2.55. The summed E-state index contributed by atoms with van der Waals surface area (Å²) in [7, 11) is 0. The number of hydrogen-bond acceptors (Lipinski definition) is 2. The third kappa shape index (κ3) is 4.62. The number of nitrogens with one attached hydrogen (secondary N) is 1. The van der Waals surface area contributed by atoms with Crippen LogP contribution in [0.3, 0.4) is 0 Å². The quantitative estimate of drug-likeness (QED) is 0.779. The summed E-state index contributed by atoms with van der Waals surface area (Å²) in [5.74, 6) is 1.89. The smallest absolute Gasteiger partial charge is 0.123 e. The third-order valence-corrected chi connectivity index (χ3v) is 5.88. The van der Waals surface area contributed by atoms with Gasteiger partial charge in [-0.15, -0.1) is 0 Å². The number of aryl methyl sites for hydroxylation is 1. The van der Waals surface area contributed by atoms with Crippen LogP contribution >= 0.6 is 0 Å². The summed E-state index contributed by atoms with van der Waals surface area (Å²) in [6.07, 6.45) is 6.67. The molecule has 25 heavy (non-hydrogen) atoms. The maximum absolute atomic E-state index is 13.2. The van der Waals surface area contributed by atoms with Crippen LogP contribution in [0.5, 0.6) is 0 Å². The molecular weight excluding hydrogens is 313 g/mol. The van der Waals surface area contributed by atoms with Gasteiger partial charge < -0.3 is 4.74 Å². The number of ether oxygens (including phenoxy) is 1. The summed E-state index contributed by atoms with van der Waals surface area (Å²) in [5, 5.41) is 4.00. The SMILES string of the molecule is CC(C)CC1(CCc2ccc(F)cc2)COC2(C[C@H](C)C[C@H](C)C2)N1. The van der Waals surface area contributed by atoms with Gasteiger partial charge in [0.1, 0.15) is 11.5 Å². The number of rotatable bonds is 5. The summed E-state index contributed by atoms with van der Waals surface area (Å²) < 4.78 is 19.6. The summed E-state index contributed by atoms with van der Waals surface area (Å²) in [6.45, 7) is 10.1. The molecule has 1 heterocycles. The van der Waals surface area contributed by atoms with Crippen molar-refractivity contribution in [2.24, 2.45) is 17.8 Å². The zero-order valence-corrected chi connectivity index (χ0v) is 16.3. The van der Waals surface area contributed by atoms with Gasteiger partial charge in [-0.1, -0.05) is 39.8 Å². The average Bonchev–Trinajstić information content (AvgIpc) is 2.83. The molecule has 3 rings (SSSR count). The average molecular weight is 348 g/mol. The first-order valence-electron chi connectivity index (χ1n) is 9.98. The topological polar surface area (TPSA) is 21.3 Å². The van der Waals surface area contributed by atoms with Crippen molar-refractivity contribution >= 4 is 0 Å². The fraction of sp³-hybridized carbons (Fsp3) is 0.727. The van der Waals surface area contributed by atoms with Gasteiger partial charge in [0.2, 0.25) is 0 Å². The Morgan fingerprint density at radius 1 is 1.16 bits per heavy atom. The van der Waals surface area contributed by atoms with E-state index in [0.717, 1.165) is 38.7 Å². The van der Waals surface area contributed by atoms with E-state index in [1.807, 2.05) is 12.1 Å². The minimum absolute atomic E-state index is 0.0410. The first-order chi connectivity index (χ1) is 11.8. The van der Waals surface area contributed by atoms with Gasteiger partial charge in [-0.2, -0.15) is 0 Å². The molecule has 1 spiro atoms. The van der Waals surface area contributed by atoms with Crippen molar-refractivity contribution in [3.63, 3.8) is 0 Å². The summed E-state index contributed by atoms with van der Waals surface area (Å²) >= 11 is 0. The number of halogens is 1. The van der Waals surface area contributed by atoms with E-state index >= 15 is 0 Å². The van der Waals surface area contributed by atoms with Crippen LogP contribution in [0.1, 0.15) is 65.4 Å². The monoisotopic (exact) mass is 347 g/mol. The van der Waals surface area contributed by atoms with Crippen LogP contribution in [0.4, 0.5) is 4.39 Å². The van der Waals surface area contributed by atoms with Crippen molar-refractivity contribution in [3.05, 3.63) is 35.6 Å². The first-order valence-corrected chi connectivity index (χ1v) is 9.98. The van der Waals surface area contributed by atoms with Crippen molar-refractivity contribution in [3.8, 4) is 0 Å². The van der Waals surface area contributed by atoms with E-state index in [2.05, 4.69) is 33.0 Å². The lowest BCUT2D eigenvalue weighted by atomic mass is 9.77. The molecule has 3 heteroatoms. The van der Waals surface area contributed by atoms with Crippen molar-refractivity contribution < 1.29 is 9.13 Å². The fourth-order valence-electron chi connectivity index (χ4n) is 5.28. The molecule has 2 aliphatic rings. The summed E-state index contributed by atoms with van der Waals surface area (Å²) in [4.78, 5) is 0. The van der Waals surface area contributed by atoms with Crippen LogP contribution in [0.15, 0.2) is 24.3 Å². The Morgan fingerprint density at radius 3 is 2.40 bits per heavy atom. The molecule has 1 aromatic rings. The van der Waals surface area contributed by atoms with E-state index in [1.165, 1.54) is 12.0 Å². The van der Waals surface area contributed by atoms with E-state index < -0.39 is 0 Å². The second-order valence-corrected chi connectivity index (χ2v) is 9.27. The van der Waals surface area contributed by atoms with E-state index in [9.17, 15) is 4.39 Å². The van der Waals surface area contributed by atoms with Gasteiger partial charge in [-0.3, -0.25) is 5.32 Å². The van der Waals surface area contributed by atoms with Gasteiger partial charge in [-0.05, 0) is 74.0 Å². The Labute approximate surface area is 152 Å². The fourth-order valence-corrected chi connectivity index (χ4v) is 5.28. The zero-order chi connectivity index (χ0) is 18.1.